The van der Waals surface area contributed by atoms with Crippen molar-refractivity contribution in [1.29, 1.82) is 0 Å². The van der Waals surface area contributed by atoms with Gasteiger partial charge in [-0.3, -0.25) is 0 Å². The number of thiazole rings is 1. The smallest absolute Gasteiger partial charge is 0.358 e. The van der Waals surface area contributed by atoms with Crippen LogP contribution < -0.4 is 5.32 Å². The molecule has 2 aromatic heterocycles. The molecule has 0 fully saturated rings. The molecule has 0 amide bonds. The molecule has 7 heteroatoms. The van der Waals surface area contributed by atoms with Gasteiger partial charge in [0.2, 0.25) is 5.82 Å². The fourth-order valence-corrected chi connectivity index (χ4v) is 2.75. The van der Waals surface area contributed by atoms with Crippen LogP contribution in [0.3, 0.4) is 0 Å². The van der Waals surface area contributed by atoms with Crippen LogP contribution in [0.15, 0.2) is 11.6 Å². The van der Waals surface area contributed by atoms with E-state index >= 15 is 0 Å². The quantitative estimate of drug-likeness (QED) is 0.667. The van der Waals surface area contributed by atoms with Gasteiger partial charge in [-0.2, -0.15) is 9.38 Å². The van der Waals surface area contributed by atoms with Gasteiger partial charge in [-0.15, -0.1) is 0 Å². The molecule has 98 valence electrons. The molecular weight excluding hydrogens is 252 g/mol. The van der Waals surface area contributed by atoms with E-state index in [0.717, 1.165) is 12.8 Å². The minimum Gasteiger partial charge on any atom is -0.358 e. The van der Waals surface area contributed by atoms with Crippen molar-refractivity contribution in [2.45, 2.75) is 39.2 Å². The predicted molar refractivity (Wildman–Crippen MR) is 72.3 cm³/mol. The monoisotopic (exact) mass is 268 g/mol. The summed E-state index contributed by atoms with van der Waals surface area (Å²) in [5.41, 5.74) is -0.205. The minimum atomic E-state index is -0.392. The molecule has 0 radical (unpaired) electrons. The number of hydrogen-bond acceptors (Lipinski definition) is 5. The number of hydrogen-bond donors (Lipinski definition) is 1. The fraction of sp³-hybridized carbons (Fsp3) is 0.545. The first-order chi connectivity index (χ1) is 8.44. The van der Waals surface area contributed by atoms with E-state index in [1.807, 2.05) is 13.8 Å². The van der Waals surface area contributed by atoms with Crippen LogP contribution in [0.5, 0.6) is 0 Å². The normalized spacial score (nSPS) is 11.9. The van der Waals surface area contributed by atoms with E-state index in [1.54, 1.807) is 11.6 Å². The molecule has 6 nitrogen and oxygen atoms in total. The standard InChI is InChI=1S/C11H16N4O2S/c1-4-5-11(2,3)13-8-9(15(16)17)14-6-7-18-10(14)12-8/h6-7,13H,4-5H2,1-3H3. The van der Waals surface area contributed by atoms with Crippen molar-refractivity contribution >= 4 is 27.9 Å². The Morgan fingerprint density at radius 3 is 2.94 bits per heavy atom. The van der Waals surface area contributed by atoms with Crippen LogP contribution in [0.4, 0.5) is 11.6 Å². The van der Waals surface area contributed by atoms with Gasteiger partial charge in [0.15, 0.2) is 0 Å². The van der Waals surface area contributed by atoms with Gasteiger partial charge in [0, 0.05) is 10.9 Å². The molecule has 2 heterocycles. The van der Waals surface area contributed by atoms with Crippen LogP contribution in [-0.2, 0) is 0 Å². The van der Waals surface area contributed by atoms with Gasteiger partial charge in [-0.25, -0.2) is 0 Å². The van der Waals surface area contributed by atoms with Crippen LogP contribution in [-0.4, -0.2) is 19.8 Å². The Bertz CT molecular complexity index is 573. The topological polar surface area (TPSA) is 72.5 Å². The largest absolute Gasteiger partial charge is 0.372 e. The first-order valence-corrected chi connectivity index (χ1v) is 6.70. The summed E-state index contributed by atoms with van der Waals surface area (Å²) in [7, 11) is 0. The third-order valence-corrected chi connectivity index (χ3v) is 3.50. The molecule has 0 atom stereocenters. The molecule has 2 aromatic rings. The summed E-state index contributed by atoms with van der Waals surface area (Å²) in [5.74, 6) is 0.362. The van der Waals surface area contributed by atoms with Gasteiger partial charge in [0.1, 0.15) is 6.20 Å². The number of nitro groups is 1. The van der Waals surface area contributed by atoms with Gasteiger partial charge in [0.25, 0.3) is 4.96 Å². The second kappa shape index (κ2) is 4.56. The molecule has 0 aliphatic heterocycles. The van der Waals surface area contributed by atoms with Gasteiger partial charge >= 0.3 is 5.82 Å². The molecule has 0 saturated carbocycles. The number of rotatable bonds is 5. The zero-order chi connectivity index (χ0) is 13.3. The van der Waals surface area contributed by atoms with Gasteiger partial charge < -0.3 is 15.4 Å². The molecule has 2 rings (SSSR count). The van der Waals surface area contributed by atoms with Gasteiger partial charge in [-0.1, -0.05) is 24.7 Å². The second-order valence-electron chi connectivity index (χ2n) is 4.86. The van der Waals surface area contributed by atoms with E-state index in [4.69, 9.17) is 0 Å². The summed E-state index contributed by atoms with van der Waals surface area (Å²) in [4.78, 5) is 15.7. The van der Waals surface area contributed by atoms with Crippen LogP contribution in [0, 0.1) is 10.1 Å². The number of nitrogens with zero attached hydrogens (tertiary/aromatic N) is 3. The molecule has 0 saturated heterocycles. The molecule has 0 aliphatic carbocycles. The van der Waals surface area contributed by atoms with Crippen molar-refractivity contribution in [3.63, 3.8) is 0 Å². The van der Waals surface area contributed by atoms with Crippen LogP contribution in [0.25, 0.3) is 4.96 Å². The van der Waals surface area contributed by atoms with Crippen molar-refractivity contribution in [1.82, 2.24) is 9.38 Å². The highest BCUT2D eigenvalue weighted by Crippen LogP contribution is 2.30. The second-order valence-corrected chi connectivity index (χ2v) is 5.73. The average Bonchev–Trinajstić information content (AvgIpc) is 2.74. The summed E-state index contributed by atoms with van der Waals surface area (Å²) in [6.07, 6.45) is 3.61. The Hall–Kier alpha value is -1.63. The Balaban J connectivity index is 2.41. The third kappa shape index (κ3) is 2.31. The minimum absolute atomic E-state index is 0.00966. The van der Waals surface area contributed by atoms with E-state index in [1.165, 1.54) is 15.7 Å². The lowest BCUT2D eigenvalue weighted by Crippen LogP contribution is -2.31. The Labute approximate surface area is 109 Å². The SMILES string of the molecule is CCCC(C)(C)Nc1nc2sccn2c1[N+](=O)[O-]. The molecule has 0 aliphatic rings. The zero-order valence-corrected chi connectivity index (χ0v) is 11.5. The maximum atomic E-state index is 11.1. The van der Waals surface area contributed by atoms with Crippen LogP contribution >= 0.6 is 11.3 Å². The molecule has 0 bridgehead atoms. The van der Waals surface area contributed by atoms with E-state index in [2.05, 4.69) is 17.2 Å². The maximum Gasteiger partial charge on any atom is 0.372 e. The average molecular weight is 268 g/mol. The first-order valence-electron chi connectivity index (χ1n) is 5.83. The number of imidazole rings is 1. The maximum absolute atomic E-state index is 11.1. The number of fused-ring (bicyclic) bond motifs is 1. The van der Waals surface area contributed by atoms with Crippen molar-refractivity contribution in [3.8, 4) is 0 Å². The molecule has 0 spiro atoms. The lowest BCUT2D eigenvalue weighted by atomic mass is 9.99. The fourth-order valence-electron chi connectivity index (χ4n) is 2.04. The van der Waals surface area contributed by atoms with E-state index in [0.29, 0.717) is 10.8 Å². The molecule has 0 unspecified atom stereocenters. The molecule has 18 heavy (non-hydrogen) atoms. The third-order valence-electron chi connectivity index (χ3n) is 2.74. The Morgan fingerprint density at radius 1 is 1.61 bits per heavy atom. The van der Waals surface area contributed by atoms with Crippen LogP contribution in [0.2, 0.25) is 0 Å². The predicted octanol–water partition coefficient (Wildman–Crippen LogP) is 3.29. The van der Waals surface area contributed by atoms with Gasteiger partial charge in [0.05, 0.1) is 0 Å². The Kier molecular flexibility index (Phi) is 3.25. The van der Waals surface area contributed by atoms with E-state index < -0.39 is 4.92 Å². The molecular formula is C11H16N4O2S. The summed E-state index contributed by atoms with van der Waals surface area (Å²) < 4.78 is 1.51. The van der Waals surface area contributed by atoms with Gasteiger partial charge in [-0.05, 0) is 25.2 Å². The highest BCUT2D eigenvalue weighted by Gasteiger charge is 2.27. The highest BCUT2D eigenvalue weighted by atomic mass is 32.1. The van der Waals surface area contributed by atoms with Crippen molar-refractivity contribution in [2.75, 3.05) is 5.32 Å². The van der Waals surface area contributed by atoms with E-state index in [9.17, 15) is 10.1 Å². The Morgan fingerprint density at radius 2 is 2.33 bits per heavy atom. The number of anilines is 1. The lowest BCUT2D eigenvalue weighted by molar-refractivity contribution is -0.389. The highest BCUT2D eigenvalue weighted by molar-refractivity contribution is 7.15. The number of aromatic nitrogens is 2. The van der Waals surface area contributed by atoms with Crippen molar-refractivity contribution in [3.05, 3.63) is 21.7 Å². The van der Waals surface area contributed by atoms with E-state index in [-0.39, 0.29) is 11.4 Å². The molecule has 1 N–H and O–H groups in total. The van der Waals surface area contributed by atoms with Crippen molar-refractivity contribution < 1.29 is 4.92 Å². The van der Waals surface area contributed by atoms with Crippen molar-refractivity contribution in [2.24, 2.45) is 0 Å². The first kappa shape index (κ1) is 12.8. The summed E-state index contributed by atoms with van der Waals surface area (Å²) >= 11 is 1.39. The van der Waals surface area contributed by atoms with Crippen LogP contribution in [0.1, 0.15) is 33.6 Å². The lowest BCUT2D eigenvalue weighted by Gasteiger charge is -2.25. The zero-order valence-electron chi connectivity index (χ0n) is 10.6. The number of nitrogens with one attached hydrogen (secondary N) is 1. The molecule has 0 aromatic carbocycles. The summed E-state index contributed by atoms with van der Waals surface area (Å²) in [6, 6.07) is 0. The summed E-state index contributed by atoms with van der Waals surface area (Å²) in [5, 5.41) is 16.1. The summed E-state index contributed by atoms with van der Waals surface area (Å²) in [6.45, 7) is 6.13.